The Balaban J connectivity index is 2.03. The summed E-state index contributed by atoms with van der Waals surface area (Å²) in [7, 11) is 4.28. The molecule has 0 amide bonds. The van der Waals surface area contributed by atoms with Gasteiger partial charge in [-0.3, -0.25) is 4.90 Å². The van der Waals surface area contributed by atoms with Crippen molar-refractivity contribution in [1.29, 1.82) is 0 Å². The van der Waals surface area contributed by atoms with Crippen molar-refractivity contribution in [2.24, 2.45) is 5.73 Å². The molecule has 21 heavy (non-hydrogen) atoms. The Morgan fingerprint density at radius 2 is 2.05 bits per heavy atom. The summed E-state index contributed by atoms with van der Waals surface area (Å²) in [6, 6.07) is 5.53. The van der Waals surface area contributed by atoms with E-state index in [1.165, 1.54) is 25.0 Å². The summed E-state index contributed by atoms with van der Waals surface area (Å²) in [5.74, 6) is 5.55. The Morgan fingerprint density at radius 3 is 2.67 bits per heavy atom. The van der Waals surface area contributed by atoms with Gasteiger partial charge >= 0.3 is 0 Å². The van der Waals surface area contributed by atoms with Gasteiger partial charge in [-0.2, -0.15) is 0 Å². The second kappa shape index (κ2) is 7.56. The normalized spacial score (nSPS) is 16.8. The molecular formula is C17H24FN3. The van der Waals surface area contributed by atoms with E-state index in [0.29, 0.717) is 12.6 Å². The van der Waals surface area contributed by atoms with Crippen LogP contribution in [-0.4, -0.2) is 49.6 Å². The molecule has 3 nitrogen and oxygen atoms in total. The van der Waals surface area contributed by atoms with Gasteiger partial charge in [0.05, 0.1) is 6.54 Å². The first-order chi connectivity index (χ1) is 10.1. The van der Waals surface area contributed by atoms with Gasteiger partial charge in [0.1, 0.15) is 5.82 Å². The maximum Gasteiger partial charge on any atom is 0.124 e. The predicted octanol–water partition coefficient (Wildman–Crippen LogP) is 1.66. The molecule has 0 aliphatic carbocycles. The lowest BCUT2D eigenvalue weighted by Gasteiger charge is -2.35. The maximum absolute atomic E-state index is 13.4. The van der Waals surface area contributed by atoms with Crippen molar-refractivity contribution < 1.29 is 4.39 Å². The highest BCUT2D eigenvalue weighted by Crippen LogP contribution is 2.19. The second-order valence-corrected chi connectivity index (χ2v) is 5.78. The third-order valence-electron chi connectivity index (χ3n) is 4.08. The van der Waals surface area contributed by atoms with Crippen LogP contribution >= 0.6 is 0 Å². The summed E-state index contributed by atoms with van der Waals surface area (Å²) < 4.78 is 13.4. The van der Waals surface area contributed by atoms with Crippen LogP contribution in [-0.2, 0) is 6.54 Å². The summed E-state index contributed by atoms with van der Waals surface area (Å²) in [5.41, 5.74) is 7.25. The lowest BCUT2D eigenvalue weighted by Crippen LogP contribution is -2.41. The number of benzene rings is 1. The summed E-state index contributed by atoms with van der Waals surface area (Å²) in [4.78, 5) is 4.72. The minimum absolute atomic E-state index is 0.244. The largest absolute Gasteiger partial charge is 0.320 e. The number of halogens is 1. The molecule has 0 spiro atoms. The zero-order valence-corrected chi connectivity index (χ0v) is 12.9. The van der Waals surface area contributed by atoms with Crippen LogP contribution in [0.15, 0.2) is 18.2 Å². The maximum atomic E-state index is 13.4. The molecule has 2 N–H and O–H groups in total. The lowest BCUT2D eigenvalue weighted by atomic mass is 10.0. The fraction of sp³-hybridized carbons (Fsp3) is 0.529. The fourth-order valence-electron chi connectivity index (χ4n) is 2.78. The highest BCUT2D eigenvalue weighted by Gasteiger charge is 2.21. The van der Waals surface area contributed by atoms with Crippen LogP contribution in [0.3, 0.4) is 0 Å². The van der Waals surface area contributed by atoms with Gasteiger partial charge in [-0.1, -0.05) is 17.9 Å². The molecule has 1 aliphatic rings. The van der Waals surface area contributed by atoms with E-state index in [2.05, 4.69) is 35.7 Å². The van der Waals surface area contributed by atoms with E-state index >= 15 is 0 Å². The number of hydrogen-bond acceptors (Lipinski definition) is 3. The smallest absolute Gasteiger partial charge is 0.124 e. The van der Waals surface area contributed by atoms with Crippen LogP contribution in [0.5, 0.6) is 0 Å². The molecule has 4 heteroatoms. The van der Waals surface area contributed by atoms with Gasteiger partial charge in [0.15, 0.2) is 0 Å². The van der Waals surface area contributed by atoms with E-state index in [1.54, 1.807) is 0 Å². The summed E-state index contributed by atoms with van der Waals surface area (Å²) in [5, 5.41) is 0. The highest BCUT2D eigenvalue weighted by molar-refractivity contribution is 5.41. The Hall–Kier alpha value is -1.41. The molecule has 1 saturated heterocycles. The lowest BCUT2D eigenvalue weighted by molar-refractivity contribution is 0.140. The number of rotatable bonds is 3. The standard InChI is InChI=1S/C17H24FN3/c1-20(2)17-7-10-21(11-8-17)13-15-5-6-16(18)12-14(15)4-3-9-19/h5-6,12,17H,7-11,13,19H2,1-2H3. The molecule has 2 rings (SSSR count). The zero-order chi connectivity index (χ0) is 15.2. The Morgan fingerprint density at radius 1 is 1.33 bits per heavy atom. The number of nitrogens with zero attached hydrogens (tertiary/aromatic N) is 2. The summed E-state index contributed by atoms with van der Waals surface area (Å²) in [6.45, 7) is 3.27. The first-order valence-electron chi connectivity index (χ1n) is 7.46. The van der Waals surface area contributed by atoms with Crippen molar-refractivity contribution in [3.8, 4) is 11.8 Å². The van der Waals surface area contributed by atoms with E-state index in [-0.39, 0.29) is 5.82 Å². The van der Waals surface area contributed by atoms with Crippen molar-refractivity contribution >= 4 is 0 Å². The molecule has 0 radical (unpaired) electrons. The Bertz CT molecular complexity index is 523. The SMILES string of the molecule is CN(C)C1CCN(Cc2ccc(F)cc2C#CCN)CC1. The van der Waals surface area contributed by atoms with Crippen LogP contribution in [0.2, 0.25) is 0 Å². The third-order valence-corrected chi connectivity index (χ3v) is 4.08. The van der Waals surface area contributed by atoms with Crippen LogP contribution in [0, 0.1) is 17.7 Å². The molecule has 1 fully saturated rings. The van der Waals surface area contributed by atoms with Crippen LogP contribution in [0.25, 0.3) is 0 Å². The first kappa shape index (κ1) is 16.0. The van der Waals surface area contributed by atoms with Crippen molar-refractivity contribution in [3.05, 3.63) is 35.1 Å². The van der Waals surface area contributed by atoms with Crippen LogP contribution in [0.4, 0.5) is 4.39 Å². The topological polar surface area (TPSA) is 32.5 Å². The zero-order valence-electron chi connectivity index (χ0n) is 12.9. The molecular weight excluding hydrogens is 265 g/mol. The number of piperidine rings is 1. The molecule has 0 saturated carbocycles. The Labute approximate surface area is 126 Å². The monoisotopic (exact) mass is 289 g/mol. The van der Waals surface area contributed by atoms with Gasteiger partial charge in [0.2, 0.25) is 0 Å². The molecule has 114 valence electrons. The van der Waals surface area contributed by atoms with E-state index in [0.717, 1.165) is 30.8 Å². The average Bonchev–Trinajstić information content (AvgIpc) is 2.48. The molecule has 0 bridgehead atoms. The van der Waals surface area contributed by atoms with Gasteiger partial charge < -0.3 is 10.6 Å². The molecule has 0 atom stereocenters. The van der Waals surface area contributed by atoms with Gasteiger partial charge in [0.25, 0.3) is 0 Å². The highest BCUT2D eigenvalue weighted by atomic mass is 19.1. The second-order valence-electron chi connectivity index (χ2n) is 5.78. The third kappa shape index (κ3) is 4.53. The van der Waals surface area contributed by atoms with E-state index in [9.17, 15) is 4.39 Å². The van der Waals surface area contributed by atoms with Gasteiger partial charge in [-0.05, 0) is 57.7 Å². The van der Waals surface area contributed by atoms with Crippen LogP contribution < -0.4 is 5.73 Å². The van der Waals surface area contributed by atoms with Gasteiger partial charge in [-0.25, -0.2) is 4.39 Å². The molecule has 1 aromatic carbocycles. The Kier molecular flexibility index (Phi) is 5.75. The summed E-state index contributed by atoms with van der Waals surface area (Å²) in [6.07, 6.45) is 2.36. The first-order valence-corrected chi connectivity index (χ1v) is 7.46. The van der Waals surface area contributed by atoms with Crippen molar-refractivity contribution in [3.63, 3.8) is 0 Å². The average molecular weight is 289 g/mol. The summed E-state index contributed by atoms with van der Waals surface area (Å²) >= 11 is 0. The quantitative estimate of drug-likeness (QED) is 0.859. The van der Waals surface area contributed by atoms with E-state index in [4.69, 9.17) is 5.73 Å². The van der Waals surface area contributed by atoms with Crippen molar-refractivity contribution in [1.82, 2.24) is 9.80 Å². The predicted molar refractivity (Wildman–Crippen MR) is 84.3 cm³/mol. The molecule has 0 aromatic heterocycles. The minimum atomic E-state index is -0.244. The van der Waals surface area contributed by atoms with Gasteiger partial charge in [0, 0.05) is 18.2 Å². The van der Waals surface area contributed by atoms with E-state index in [1.807, 2.05) is 6.07 Å². The van der Waals surface area contributed by atoms with Gasteiger partial charge in [-0.15, -0.1) is 0 Å². The molecule has 0 unspecified atom stereocenters. The minimum Gasteiger partial charge on any atom is -0.320 e. The number of nitrogens with two attached hydrogens (primary N) is 1. The number of hydrogen-bond donors (Lipinski definition) is 1. The van der Waals surface area contributed by atoms with Crippen LogP contribution in [0.1, 0.15) is 24.0 Å². The van der Waals surface area contributed by atoms with Crippen molar-refractivity contribution in [2.45, 2.75) is 25.4 Å². The van der Waals surface area contributed by atoms with Crippen molar-refractivity contribution in [2.75, 3.05) is 33.7 Å². The number of likely N-dealkylation sites (tertiary alicyclic amines) is 1. The fourth-order valence-corrected chi connectivity index (χ4v) is 2.78. The molecule has 1 aromatic rings. The molecule has 1 aliphatic heterocycles. The molecule has 1 heterocycles. The van der Waals surface area contributed by atoms with E-state index < -0.39 is 0 Å².